The van der Waals surface area contributed by atoms with Gasteiger partial charge in [-0.3, -0.25) is 4.90 Å². The molecule has 0 radical (unpaired) electrons. The number of nitrogens with zero attached hydrogens (tertiary/aromatic N) is 1. The fraction of sp³-hybridized carbons (Fsp3) is 0.525. The first-order valence-electron chi connectivity index (χ1n) is 17.8. The van der Waals surface area contributed by atoms with E-state index in [4.69, 9.17) is 9.47 Å². The lowest BCUT2D eigenvalue weighted by molar-refractivity contribution is -0.276. The van der Waals surface area contributed by atoms with Crippen molar-refractivity contribution in [3.8, 4) is 0 Å². The molecule has 6 atom stereocenters. The van der Waals surface area contributed by atoms with Gasteiger partial charge in [0.15, 0.2) is 6.29 Å². The van der Waals surface area contributed by atoms with Crippen LogP contribution in [0.3, 0.4) is 0 Å². The van der Waals surface area contributed by atoms with Gasteiger partial charge in [0.1, 0.15) is 0 Å². The fourth-order valence-electron chi connectivity index (χ4n) is 9.34. The number of anilines is 1. The number of hydrogen-bond donors (Lipinski definition) is 4. The van der Waals surface area contributed by atoms with Crippen LogP contribution in [-0.2, 0) is 16.1 Å². The quantitative estimate of drug-likeness (QED) is 0.186. The number of hydrogen-bond acceptors (Lipinski definition) is 6. The monoisotopic (exact) mass is 653 g/mol. The third kappa shape index (κ3) is 7.05. The van der Waals surface area contributed by atoms with Crippen LogP contribution in [0.2, 0.25) is 0 Å². The summed E-state index contributed by atoms with van der Waals surface area (Å²) in [4.78, 5) is 15.4. The maximum atomic E-state index is 13.2. The molecule has 2 amide bonds. The minimum atomic E-state index is -0.635. The van der Waals surface area contributed by atoms with Crippen molar-refractivity contribution in [1.82, 2.24) is 10.2 Å². The number of aliphatic hydroxyl groups is 2. The Labute approximate surface area is 284 Å². The zero-order valence-corrected chi connectivity index (χ0v) is 28.4. The number of urea groups is 1. The number of ether oxygens (including phenoxy) is 2. The normalized spacial score (nSPS) is 32.2. The molecule has 0 spiro atoms. The number of benzene rings is 3. The van der Waals surface area contributed by atoms with Crippen LogP contribution >= 0.6 is 0 Å². The van der Waals surface area contributed by atoms with Crippen LogP contribution in [0.15, 0.2) is 78.9 Å². The zero-order chi connectivity index (χ0) is 33.4. The SMILES string of the molecule is C[C@@H]1[C@H](CN(C)[C@H](C)[C@@H](O)c2ccccc2)O[C@H](c2ccc(NC(=O)NC34CC5CC(CC(C5)C3)C4)cc2)O[C@@H]1c1ccc(CO)cc1. The molecule has 8 nitrogen and oxygen atoms in total. The molecule has 4 bridgehead atoms. The Kier molecular flexibility index (Phi) is 9.64. The second-order valence-corrected chi connectivity index (χ2v) is 15.3. The molecule has 48 heavy (non-hydrogen) atoms. The average Bonchev–Trinajstić information content (AvgIpc) is 3.08. The molecule has 8 rings (SSSR count). The molecule has 1 aliphatic heterocycles. The second kappa shape index (κ2) is 13.9. The Balaban J connectivity index is 1.05. The van der Waals surface area contributed by atoms with E-state index in [-0.39, 0.29) is 42.3 Å². The Bertz CT molecular complexity index is 1500. The molecule has 4 saturated carbocycles. The van der Waals surface area contributed by atoms with Gasteiger partial charge in [0.2, 0.25) is 0 Å². The Morgan fingerprint density at radius 1 is 0.896 bits per heavy atom. The third-order valence-corrected chi connectivity index (χ3v) is 11.7. The van der Waals surface area contributed by atoms with E-state index in [1.807, 2.05) is 92.8 Å². The van der Waals surface area contributed by atoms with E-state index < -0.39 is 12.4 Å². The number of carbonyl (C=O) groups is 1. The van der Waals surface area contributed by atoms with Gasteiger partial charge in [0.05, 0.1) is 24.9 Å². The molecule has 256 valence electrons. The lowest BCUT2D eigenvalue weighted by Gasteiger charge is -2.56. The van der Waals surface area contributed by atoms with Crippen molar-refractivity contribution in [2.24, 2.45) is 23.7 Å². The summed E-state index contributed by atoms with van der Waals surface area (Å²) in [5.74, 6) is 2.32. The maximum absolute atomic E-state index is 13.2. The van der Waals surface area contributed by atoms with Crippen LogP contribution in [0.5, 0.6) is 0 Å². The molecule has 3 aromatic carbocycles. The zero-order valence-electron chi connectivity index (χ0n) is 28.4. The minimum absolute atomic E-state index is 0.0108. The molecule has 0 aromatic heterocycles. The average molecular weight is 654 g/mol. The van der Waals surface area contributed by atoms with Crippen LogP contribution in [-0.4, -0.2) is 52.4 Å². The number of likely N-dealkylation sites (N-methyl/N-ethyl adjacent to an activating group) is 1. The molecule has 4 aliphatic carbocycles. The smallest absolute Gasteiger partial charge is 0.319 e. The van der Waals surface area contributed by atoms with Crippen LogP contribution in [0.1, 0.15) is 93.1 Å². The number of carbonyl (C=O) groups excluding carboxylic acids is 1. The summed E-state index contributed by atoms with van der Waals surface area (Å²) in [7, 11) is 2.03. The van der Waals surface area contributed by atoms with Crippen molar-refractivity contribution in [3.05, 3.63) is 101 Å². The molecule has 0 unspecified atom stereocenters. The first kappa shape index (κ1) is 33.2. The van der Waals surface area contributed by atoms with E-state index >= 15 is 0 Å². The van der Waals surface area contributed by atoms with Gasteiger partial charge in [-0.2, -0.15) is 0 Å². The molecule has 1 saturated heterocycles. The summed E-state index contributed by atoms with van der Waals surface area (Å²) >= 11 is 0. The van der Waals surface area contributed by atoms with Crippen LogP contribution in [0, 0.1) is 23.7 Å². The molecule has 4 N–H and O–H groups in total. The lowest BCUT2D eigenvalue weighted by Crippen LogP contribution is -2.60. The van der Waals surface area contributed by atoms with Crippen molar-refractivity contribution in [2.45, 2.75) is 95.2 Å². The summed E-state index contributed by atoms with van der Waals surface area (Å²) in [5.41, 5.74) is 4.33. The van der Waals surface area contributed by atoms with Gasteiger partial charge in [-0.15, -0.1) is 0 Å². The van der Waals surface area contributed by atoms with E-state index in [0.717, 1.165) is 65.0 Å². The number of nitrogens with one attached hydrogen (secondary N) is 2. The summed E-state index contributed by atoms with van der Waals surface area (Å²) in [5, 5.41) is 27.2. The van der Waals surface area contributed by atoms with Crippen LogP contribution < -0.4 is 10.6 Å². The fourth-order valence-corrected chi connectivity index (χ4v) is 9.34. The van der Waals surface area contributed by atoms with Gasteiger partial charge in [0, 0.05) is 35.3 Å². The van der Waals surface area contributed by atoms with Crippen molar-refractivity contribution in [2.75, 3.05) is 18.9 Å². The number of amides is 2. The highest BCUT2D eigenvalue weighted by Gasteiger charge is 2.51. The predicted octanol–water partition coefficient (Wildman–Crippen LogP) is 7.11. The first-order valence-corrected chi connectivity index (χ1v) is 17.8. The highest BCUT2D eigenvalue weighted by Crippen LogP contribution is 2.55. The molecule has 8 heteroatoms. The van der Waals surface area contributed by atoms with E-state index in [9.17, 15) is 15.0 Å². The second-order valence-electron chi connectivity index (χ2n) is 15.3. The summed E-state index contributed by atoms with van der Waals surface area (Å²) < 4.78 is 13.3. The molecule has 5 aliphatic rings. The minimum Gasteiger partial charge on any atom is -0.392 e. The third-order valence-electron chi connectivity index (χ3n) is 11.7. The lowest BCUT2D eigenvalue weighted by atomic mass is 9.53. The highest BCUT2D eigenvalue weighted by molar-refractivity contribution is 5.89. The van der Waals surface area contributed by atoms with E-state index in [2.05, 4.69) is 22.5 Å². The van der Waals surface area contributed by atoms with Gasteiger partial charge < -0.3 is 30.3 Å². The van der Waals surface area contributed by atoms with Gasteiger partial charge in [-0.25, -0.2) is 4.79 Å². The van der Waals surface area contributed by atoms with Crippen molar-refractivity contribution in [3.63, 3.8) is 0 Å². The summed E-state index contributed by atoms with van der Waals surface area (Å²) in [6.07, 6.45) is 5.69. The summed E-state index contributed by atoms with van der Waals surface area (Å²) in [6.45, 7) is 4.77. The van der Waals surface area contributed by atoms with Gasteiger partial charge in [-0.05, 0) is 99.1 Å². The highest BCUT2D eigenvalue weighted by atomic mass is 16.7. The molecular weight excluding hydrogens is 602 g/mol. The molecular formula is C40H51N3O5. The number of aliphatic hydroxyl groups excluding tert-OH is 2. The van der Waals surface area contributed by atoms with Crippen LogP contribution in [0.4, 0.5) is 10.5 Å². The van der Waals surface area contributed by atoms with Crippen molar-refractivity contribution >= 4 is 11.7 Å². The van der Waals surface area contributed by atoms with Crippen LogP contribution in [0.25, 0.3) is 0 Å². The predicted molar refractivity (Wildman–Crippen MR) is 186 cm³/mol. The largest absolute Gasteiger partial charge is 0.392 e. The number of rotatable bonds is 10. The van der Waals surface area contributed by atoms with Crippen molar-refractivity contribution < 1.29 is 24.5 Å². The van der Waals surface area contributed by atoms with Gasteiger partial charge >= 0.3 is 6.03 Å². The first-order chi connectivity index (χ1) is 23.2. The van der Waals surface area contributed by atoms with E-state index in [1.54, 1.807) is 0 Å². The van der Waals surface area contributed by atoms with E-state index in [0.29, 0.717) is 6.54 Å². The summed E-state index contributed by atoms with van der Waals surface area (Å²) in [6, 6.07) is 25.2. The molecule has 1 heterocycles. The topological polar surface area (TPSA) is 103 Å². The Hall–Kier alpha value is -3.27. The Morgan fingerprint density at radius 2 is 1.50 bits per heavy atom. The van der Waals surface area contributed by atoms with Gasteiger partial charge in [0.25, 0.3) is 0 Å². The van der Waals surface area contributed by atoms with Crippen molar-refractivity contribution in [1.29, 1.82) is 0 Å². The molecule has 5 fully saturated rings. The molecule has 3 aromatic rings. The Morgan fingerprint density at radius 3 is 2.10 bits per heavy atom. The standard InChI is InChI=1S/C40H51N3O5/c1-25-35(23-43(3)26(2)36(45)31-7-5-4-6-8-31)47-38(48-37(25)32-11-9-27(24-44)10-12-32)33-13-15-34(16-14-33)41-39(46)42-40-20-28-17-29(21-40)19-30(18-28)22-40/h4-16,25-26,28-30,35-38,44-45H,17-24H2,1-3H3,(H2,41,42,46)/t25-,26-,28?,29?,30?,35+,36-,37+,38+,40?/m1/s1. The van der Waals surface area contributed by atoms with Gasteiger partial charge in [-0.1, -0.05) is 73.7 Å². The van der Waals surface area contributed by atoms with E-state index in [1.165, 1.54) is 19.3 Å². The maximum Gasteiger partial charge on any atom is 0.319 e.